The Morgan fingerprint density at radius 2 is 1.92 bits per heavy atom. The van der Waals surface area contributed by atoms with E-state index in [1.54, 1.807) is 17.1 Å². The van der Waals surface area contributed by atoms with Gasteiger partial charge < -0.3 is 4.90 Å². The molecule has 26 heavy (non-hydrogen) atoms. The first-order chi connectivity index (χ1) is 12.8. The third-order valence-electron chi connectivity index (χ3n) is 4.73. The van der Waals surface area contributed by atoms with Crippen molar-refractivity contribution in [1.29, 1.82) is 0 Å². The zero-order valence-electron chi connectivity index (χ0n) is 14.4. The number of allylic oxidation sites excluding steroid dienone is 1. The van der Waals surface area contributed by atoms with E-state index < -0.39 is 0 Å². The number of benzene rings is 2. The van der Waals surface area contributed by atoms with Crippen LogP contribution in [0, 0.1) is 0 Å². The predicted molar refractivity (Wildman–Crippen MR) is 99.3 cm³/mol. The summed E-state index contributed by atoms with van der Waals surface area (Å²) in [7, 11) is 0. The molecule has 1 atom stereocenters. The molecule has 3 aromatic rings. The van der Waals surface area contributed by atoms with Crippen molar-refractivity contribution in [3.63, 3.8) is 0 Å². The maximum atomic E-state index is 12.7. The number of carbonyl (C=O) groups is 1. The van der Waals surface area contributed by atoms with E-state index in [9.17, 15) is 4.79 Å². The Balaban J connectivity index is 1.55. The highest BCUT2D eigenvalue weighted by molar-refractivity contribution is 5.87. The summed E-state index contributed by atoms with van der Waals surface area (Å²) in [6.07, 6.45) is 6.59. The van der Waals surface area contributed by atoms with Crippen LogP contribution in [0.2, 0.25) is 0 Å². The molecule has 130 valence electrons. The Hall–Kier alpha value is -3.21. The van der Waals surface area contributed by atoms with Gasteiger partial charge in [-0.2, -0.15) is 5.10 Å². The lowest BCUT2D eigenvalue weighted by Gasteiger charge is -2.34. The fourth-order valence-electron chi connectivity index (χ4n) is 3.44. The molecule has 0 aliphatic carbocycles. The van der Waals surface area contributed by atoms with Gasteiger partial charge in [0.2, 0.25) is 5.91 Å². The molecule has 0 N–H and O–H groups in total. The fourth-order valence-corrected chi connectivity index (χ4v) is 3.44. The summed E-state index contributed by atoms with van der Waals surface area (Å²) in [5.74, 6) is 0.231. The smallest absolute Gasteiger partial charge is 0.246 e. The molecule has 4 rings (SSSR count). The van der Waals surface area contributed by atoms with Crippen LogP contribution in [0.15, 0.2) is 79.4 Å². The van der Waals surface area contributed by atoms with Crippen molar-refractivity contribution in [2.45, 2.75) is 19.0 Å². The Bertz CT molecular complexity index is 903. The molecular weight excluding hydrogens is 324 g/mol. The fraction of sp³-hybridized carbons (Fsp3) is 0.190. The molecule has 0 bridgehead atoms. The van der Waals surface area contributed by atoms with Crippen LogP contribution in [0.25, 0.3) is 0 Å². The second-order valence-corrected chi connectivity index (χ2v) is 6.40. The van der Waals surface area contributed by atoms with Crippen molar-refractivity contribution in [2.24, 2.45) is 0 Å². The van der Waals surface area contributed by atoms with Gasteiger partial charge in [0.25, 0.3) is 0 Å². The SMILES string of the molecule is O=C(/C=C/Cn1cncn1)N1Cc2ccccc2C(c2ccccc2)C1. The van der Waals surface area contributed by atoms with Gasteiger partial charge >= 0.3 is 0 Å². The minimum Gasteiger partial charge on any atom is -0.334 e. The summed E-state index contributed by atoms with van der Waals surface area (Å²) in [5, 5.41) is 4.04. The Kier molecular flexibility index (Phi) is 4.60. The number of aromatic nitrogens is 3. The van der Waals surface area contributed by atoms with E-state index in [2.05, 4.69) is 52.5 Å². The van der Waals surface area contributed by atoms with E-state index in [-0.39, 0.29) is 11.8 Å². The predicted octanol–water partition coefficient (Wildman–Crippen LogP) is 3.01. The van der Waals surface area contributed by atoms with Crippen molar-refractivity contribution < 1.29 is 4.79 Å². The summed E-state index contributed by atoms with van der Waals surface area (Å²) in [6, 6.07) is 18.8. The summed E-state index contributed by atoms with van der Waals surface area (Å²) in [5.41, 5.74) is 3.77. The van der Waals surface area contributed by atoms with Gasteiger partial charge in [-0.3, -0.25) is 4.79 Å². The molecule has 0 fully saturated rings. The molecule has 2 aromatic carbocycles. The first-order valence-corrected chi connectivity index (χ1v) is 8.72. The number of nitrogens with zero attached hydrogens (tertiary/aromatic N) is 4. The Morgan fingerprint density at radius 3 is 2.73 bits per heavy atom. The molecule has 0 spiro atoms. The maximum Gasteiger partial charge on any atom is 0.246 e. The zero-order valence-corrected chi connectivity index (χ0v) is 14.4. The second kappa shape index (κ2) is 7.35. The standard InChI is InChI=1S/C21H20N4O/c26-21(11-6-12-25-16-22-15-23-25)24-13-18-9-4-5-10-19(18)20(14-24)17-7-2-1-3-8-17/h1-11,15-16,20H,12-14H2/b11-6+. The largest absolute Gasteiger partial charge is 0.334 e. The van der Waals surface area contributed by atoms with Crippen molar-refractivity contribution >= 4 is 5.91 Å². The molecule has 5 nitrogen and oxygen atoms in total. The average molecular weight is 344 g/mol. The minimum atomic E-state index is 0.0283. The molecule has 1 unspecified atom stereocenters. The number of hydrogen-bond donors (Lipinski definition) is 0. The van der Waals surface area contributed by atoms with Crippen LogP contribution in [0.3, 0.4) is 0 Å². The van der Waals surface area contributed by atoms with E-state index in [0.717, 1.165) is 0 Å². The van der Waals surface area contributed by atoms with E-state index in [0.29, 0.717) is 19.6 Å². The lowest BCUT2D eigenvalue weighted by Crippen LogP contribution is -2.37. The van der Waals surface area contributed by atoms with Crippen molar-refractivity contribution in [1.82, 2.24) is 19.7 Å². The molecule has 2 heterocycles. The van der Waals surface area contributed by atoms with Gasteiger partial charge in [0, 0.05) is 25.1 Å². The van der Waals surface area contributed by atoms with Crippen molar-refractivity contribution in [2.75, 3.05) is 6.54 Å². The van der Waals surface area contributed by atoms with Gasteiger partial charge in [-0.15, -0.1) is 0 Å². The van der Waals surface area contributed by atoms with E-state index in [4.69, 9.17) is 0 Å². The van der Waals surface area contributed by atoms with Crippen LogP contribution in [0.1, 0.15) is 22.6 Å². The van der Waals surface area contributed by atoms with Gasteiger partial charge in [0.1, 0.15) is 12.7 Å². The lowest BCUT2D eigenvalue weighted by molar-refractivity contribution is -0.127. The van der Waals surface area contributed by atoms with Crippen LogP contribution in [0.4, 0.5) is 0 Å². The van der Waals surface area contributed by atoms with Crippen LogP contribution in [-0.4, -0.2) is 32.1 Å². The van der Waals surface area contributed by atoms with E-state index >= 15 is 0 Å². The van der Waals surface area contributed by atoms with Crippen LogP contribution < -0.4 is 0 Å². The first-order valence-electron chi connectivity index (χ1n) is 8.72. The molecule has 0 saturated heterocycles. The number of carbonyl (C=O) groups excluding carboxylic acids is 1. The maximum absolute atomic E-state index is 12.7. The number of rotatable bonds is 4. The van der Waals surface area contributed by atoms with Gasteiger partial charge in [0.05, 0.1) is 6.54 Å². The van der Waals surface area contributed by atoms with Gasteiger partial charge in [-0.05, 0) is 16.7 Å². The summed E-state index contributed by atoms with van der Waals surface area (Å²) in [6.45, 7) is 1.87. The molecule has 1 aliphatic heterocycles. The monoisotopic (exact) mass is 344 g/mol. The van der Waals surface area contributed by atoms with Gasteiger partial charge in [0.15, 0.2) is 0 Å². The number of amides is 1. The number of hydrogen-bond acceptors (Lipinski definition) is 3. The molecule has 0 radical (unpaired) electrons. The van der Waals surface area contributed by atoms with E-state index in [1.807, 2.05) is 23.1 Å². The third kappa shape index (κ3) is 3.42. The molecule has 1 aromatic heterocycles. The summed E-state index contributed by atoms with van der Waals surface area (Å²) in [4.78, 5) is 18.5. The van der Waals surface area contributed by atoms with Crippen molar-refractivity contribution in [3.8, 4) is 0 Å². The first kappa shape index (κ1) is 16.3. The normalized spacial score (nSPS) is 16.6. The molecule has 0 saturated carbocycles. The van der Waals surface area contributed by atoms with Gasteiger partial charge in [-0.1, -0.05) is 60.7 Å². The zero-order chi connectivity index (χ0) is 17.8. The topological polar surface area (TPSA) is 51.0 Å². The number of fused-ring (bicyclic) bond motifs is 1. The highest BCUT2D eigenvalue weighted by Gasteiger charge is 2.27. The molecule has 1 aliphatic rings. The third-order valence-corrected chi connectivity index (χ3v) is 4.73. The summed E-state index contributed by atoms with van der Waals surface area (Å²) < 4.78 is 1.68. The second-order valence-electron chi connectivity index (χ2n) is 6.40. The molecular formula is C21H20N4O. The van der Waals surface area contributed by atoms with Crippen LogP contribution >= 0.6 is 0 Å². The summed E-state index contributed by atoms with van der Waals surface area (Å²) >= 11 is 0. The van der Waals surface area contributed by atoms with Crippen LogP contribution in [0.5, 0.6) is 0 Å². The molecule has 1 amide bonds. The van der Waals surface area contributed by atoms with Gasteiger partial charge in [-0.25, -0.2) is 9.67 Å². The lowest BCUT2D eigenvalue weighted by atomic mass is 9.84. The highest BCUT2D eigenvalue weighted by atomic mass is 16.2. The van der Waals surface area contributed by atoms with Crippen molar-refractivity contribution in [3.05, 3.63) is 96.1 Å². The Morgan fingerprint density at radius 1 is 1.12 bits per heavy atom. The Labute approximate surface area is 152 Å². The molecule has 5 heteroatoms. The average Bonchev–Trinajstić information content (AvgIpc) is 3.21. The van der Waals surface area contributed by atoms with Crippen LogP contribution in [-0.2, 0) is 17.9 Å². The highest BCUT2D eigenvalue weighted by Crippen LogP contribution is 2.33. The van der Waals surface area contributed by atoms with E-state index in [1.165, 1.54) is 23.0 Å². The quantitative estimate of drug-likeness (QED) is 0.684. The minimum absolute atomic E-state index is 0.0283.